The molecule has 17 heavy (non-hydrogen) atoms. The van der Waals surface area contributed by atoms with Crippen molar-refractivity contribution in [2.75, 3.05) is 12.3 Å². The van der Waals surface area contributed by atoms with Crippen LogP contribution in [0.15, 0.2) is 34.9 Å². The third-order valence-electron chi connectivity index (χ3n) is 2.22. The lowest BCUT2D eigenvalue weighted by Gasteiger charge is -1.94. The van der Waals surface area contributed by atoms with Crippen molar-refractivity contribution in [3.63, 3.8) is 0 Å². The first-order valence-corrected chi connectivity index (χ1v) is 6.71. The number of nitrogens with zero attached hydrogens (tertiary/aromatic N) is 2. The van der Waals surface area contributed by atoms with E-state index < -0.39 is 0 Å². The summed E-state index contributed by atoms with van der Waals surface area (Å²) in [5, 5.41) is 3.96. The van der Waals surface area contributed by atoms with Gasteiger partial charge in [0, 0.05) is 5.56 Å². The van der Waals surface area contributed by atoms with Crippen LogP contribution >= 0.6 is 11.8 Å². The van der Waals surface area contributed by atoms with Gasteiger partial charge in [0.25, 0.3) is 0 Å². The van der Waals surface area contributed by atoms with Crippen LogP contribution in [0.4, 0.5) is 0 Å². The lowest BCUT2D eigenvalue weighted by atomic mass is 10.2. The van der Waals surface area contributed by atoms with E-state index in [0.717, 1.165) is 30.0 Å². The lowest BCUT2D eigenvalue weighted by molar-refractivity contribution is 0.391. The van der Waals surface area contributed by atoms with Crippen LogP contribution in [0.3, 0.4) is 0 Å². The van der Waals surface area contributed by atoms with E-state index in [1.807, 2.05) is 30.3 Å². The Labute approximate surface area is 105 Å². The van der Waals surface area contributed by atoms with Crippen molar-refractivity contribution in [3.05, 3.63) is 36.2 Å². The number of thioether (sulfide) groups is 1. The van der Waals surface area contributed by atoms with Crippen molar-refractivity contribution in [1.29, 1.82) is 0 Å². The number of nitrogens with two attached hydrogens (primary N) is 1. The highest BCUT2D eigenvalue weighted by atomic mass is 32.2. The molecule has 0 aliphatic carbocycles. The van der Waals surface area contributed by atoms with Crippen LogP contribution in [0.5, 0.6) is 0 Å². The fraction of sp³-hybridized carbons (Fsp3) is 0.333. The van der Waals surface area contributed by atoms with E-state index in [4.69, 9.17) is 10.3 Å². The molecule has 0 spiro atoms. The third-order valence-corrected chi connectivity index (χ3v) is 3.25. The fourth-order valence-electron chi connectivity index (χ4n) is 1.36. The van der Waals surface area contributed by atoms with Gasteiger partial charge in [0.1, 0.15) is 0 Å². The standard InChI is InChI=1S/C12H15N3OS/c13-7-4-8-17-9-11-14-12(15-16-11)10-5-2-1-3-6-10/h1-3,5-6H,4,7-9,13H2. The number of benzene rings is 1. The molecule has 0 saturated heterocycles. The molecule has 0 aliphatic heterocycles. The molecule has 0 amide bonds. The second-order valence-corrected chi connectivity index (χ2v) is 4.68. The van der Waals surface area contributed by atoms with Crippen LogP contribution in [-0.4, -0.2) is 22.4 Å². The van der Waals surface area contributed by atoms with E-state index in [1.165, 1.54) is 0 Å². The molecule has 0 saturated carbocycles. The minimum Gasteiger partial charge on any atom is -0.338 e. The van der Waals surface area contributed by atoms with Crippen molar-refractivity contribution >= 4 is 11.8 Å². The summed E-state index contributed by atoms with van der Waals surface area (Å²) in [7, 11) is 0. The number of hydrogen-bond donors (Lipinski definition) is 1. The molecular formula is C12H15N3OS. The van der Waals surface area contributed by atoms with Gasteiger partial charge in [0.15, 0.2) is 0 Å². The van der Waals surface area contributed by atoms with Gasteiger partial charge in [-0.2, -0.15) is 16.7 Å². The van der Waals surface area contributed by atoms with Gasteiger partial charge in [-0.1, -0.05) is 35.5 Å². The Bertz CT molecular complexity index is 444. The third kappa shape index (κ3) is 3.57. The zero-order valence-corrected chi connectivity index (χ0v) is 10.3. The summed E-state index contributed by atoms with van der Waals surface area (Å²) in [4.78, 5) is 4.35. The minimum atomic E-state index is 0.653. The molecule has 90 valence electrons. The van der Waals surface area contributed by atoms with Crippen LogP contribution in [-0.2, 0) is 5.75 Å². The molecule has 0 unspecified atom stereocenters. The first-order chi connectivity index (χ1) is 8.40. The maximum atomic E-state index is 5.42. The molecule has 1 heterocycles. The first kappa shape index (κ1) is 12.1. The molecule has 0 atom stereocenters. The van der Waals surface area contributed by atoms with Gasteiger partial charge < -0.3 is 10.3 Å². The van der Waals surface area contributed by atoms with Crippen LogP contribution < -0.4 is 5.73 Å². The zero-order valence-electron chi connectivity index (χ0n) is 9.50. The number of rotatable bonds is 6. The van der Waals surface area contributed by atoms with Crippen LogP contribution in [0.2, 0.25) is 0 Å². The largest absolute Gasteiger partial charge is 0.338 e. The maximum absolute atomic E-state index is 5.42. The Morgan fingerprint density at radius 2 is 2.06 bits per heavy atom. The molecule has 0 aliphatic rings. The monoisotopic (exact) mass is 249 g/mol. The Morgan fingerprint density at radius 1 is 1.24 bits per heavy atom. The second kappa shape index (κ2) is 6.42. The summed E-state index contributed by atoms with van der Waals surface area (Å²) in [5.74, 6) is 3.10. The molecule has 2 aromatic rings. The Balaban J connectivity index is 1.92. The summed E-state index contributed by atoms with van der Waals surface area (Å²) in [6.07, 6.45) is 1.02. The van der Waals surface area contributed by atoms with Gasteiger partial charge in [0.05, 0.1) is 5.75 Å². The normalized spacial score (nSPS) is 10.6. The van der Waals surface area contributed by atoms with E-state index in [2.05, 4.69) is 10.1 Å². The maximum Gasteiger partial charge on any atom is 0.236 e. The highest BCUT2D eigenvalue weighted by Crippen LogP contribution is 2.17. The van der Waals surface area contributed by atoms with Gasteiger partial charge in [-0.25, -0.2) is 0 Å². The van der Waals surface area contributed by atoms with Crippen molar-refractivity contribution in [3.8, 4) is 11.4 Å². The van der Waals surface area contributed by atoms with Gasteiger partial charge in [0.2, 0.25) is 11.7 Å². The minimum absolute atomic E-state index is 0.653. The van der Waals surface area contributed by atoms with Gasteiger partial charge in [-0.3, -0.25) is 0 Å². The summed E-state index contributed by atoms with van der Waals surface area (Å²) < 4.78 is 5.19. The number of aromatic nitrogens is 2. The molecule has 0 bridgehead atoms. The topological polar surface area (TPSA) is 64.9 Å². The highest BCUT2D eigenvalue weighted by molar-refractivity contribution is 7.98. The SMILES string of the molecule is NCCCSCc1nc(-c2ccccc2)no1. The molecule has 2 N–H and O–H groups in total. The highest BCUT2D eigenvalue weighted by Gasteiger charge is 2.07. The summed E-state index contributed by atoms with van der Waals surface area (Å²) >= 11 is 1.76. The molecule has 1 aromatic heterocycles. The van der Waals surface area contributed by atoms with Crippen LogP contribution in [0.25, 0.3) is 11.4 Å². The van der Waals surface area contributed by atoms with E-state index in [1.54, 1.807) is 11.8 Å². The molecule has 4 nitrogen and oxygen atoms in total. The Kier molecular flexibility index (Phi) is 4.58. The van der Waals surface area contributed by atoms with Crippen LogP contribution in [0.1, 0.15) is 12.3 Å². The smallest absolute Gasteiger partial charge is 0.236 e. The quantitative estimate of drug-likeness (QED) is 0.796. The summed E-state index contributed by atoms with van der Waals surface area (Å²) in [6.45, 7) is 0.728. The molecule has 2 rings (SSSR count). The van der Waals surface area contributed by atoms with E-state index in [9.17, 15) is 0 Å². The van der Waals surface area contributed by atoms with Crippen molar-refractivity contribution in [1.82, 2.24) is 10.1 Å². The molecule has 5 heteroatoms. The molecular weight excluding hydrogens is 234 g/mol. The predicted octanol–water partition coefficient (Wildman–Crippen LogP) is 2.32. The molecule has 0 radical (unpaired) electrons. The van der Waals surface area contributed by atoms with E-state index in [0.29, 0.717) is 11.7 Å². The summed E-state index contributed by atoms with van der Waals surface area (Å²) in [6, 6.07) is 9.82. The summed E-state index contributed by atoms with van der Waals surface area (Å²) in [5.41, 5.74) is 6.40. The van der Waals surface area contributed by atoms with Crippen molar-refractivity contribution in [2.24, 2.45) is 5.73 Å². The Morgan fingerprint density at radius 3 is 2.82 bits per heavy atom. The van der Waals surface area contributed by atoms with Gasteiger partial charge in [-0.15, -0.1) is 0 Å². The van der Waals surface area contributed by atoms with Crippen LogP contribution in [0, 0.1) is 0 Å². The van der Waals surface area contributed by atoms with Crippen molar-refractivity contribution in [2.45, 2.75) is 12.2 Å². The average Bonchev–Trinajstić information content (AvgIpc) is 2.85. The van der Waals surface area contributed by atoms with E-state index >= 15 is 0 Å². The number of hydrogen-bond acceptors (Lipinski definition) is 5. The molecule has 1 aromatic carbocycles. The zero-order chi connectivity index (χ0) is 11.9. The Hall–Kier alpha value is -1.33. The van der Waals surface area contributed by atoms with E-state index in [-0.39, 0.29) is 0 Å². The average molecular weight is 249 g/mol. The lowest BCUT2D eigenvalue weighted by Crippen LogP contribution is -1.99. The molecule has 0 fully saturated rings. The van der Waals surface area contributed by atoms with Gasteiger partial charge in [-0.05, 0) is 18.7 Å². The fourth-order valence-corrected chi connectivity index (χ4v) is 2.17. The van der Waals surface area contributed by atoms with Crippen molar-refractivity contribution < 1.29 is 4.52 Å². The first-order valence-electron chi connectivity index (χ1n) is 5.56. The second-order valence-electron chi connectivity index (χ2n) is 3.57. The predicted molar refractivity (Wildman–Crippen MR) is 69.6 cm³/mol. The van der Waals surface area contributed by atoms with Gasteiger partial charge >= 0.3 is 0 Å².